The molecule has 3 aromatic carbocycles. The summed E-state index contributed by atoms with van der Waals surface area (Å²) < 4.78 is 34.9. The van der Waals surface area contributed by atoms with E-state index < -0.39 is 22.0 Å². The normalized spacial score (nSPS) is 16.0. The van der Waals surface area contributed by atoms with Crippen LogP contribution in [0.3, 0.4) is 0 Å². The van der Waals surface area contributed by atoms with Crippen LogP contribution in [0.5, 0.6) is 5.75 Å². The van der Waals surface area contributed by atoms with E-state index in [0.717, 1.165) is 14.3 Å². The number of hydrogen-bond donors (Lipinski definition) is 0. The van der Waals surface area contributed by atoms with E-state index in [1.54, 1.807) is 18.2 Å². The molecule has 0 saturated heterocycles. The number of nitrogens with zero attached hydrogens (tertiary/aromatic N) is 1. The Labute approximate surface area is 195 Å². The molecule has 1 aliphatic heterocycles. The number of fused-ring (bicyclic) bond motifs is 1. The van der Waals surface area contributed by atoms with Crippen molar-refractivity contribution in [1.82, 2.24) is 4.31 Å². The number of carbonyl (C=O) groups excluding carboxylic acids is 1. The Morgan fingerprint density at radius 2 is 1.53 bits per heavy atom. The first-order valence-corrected chi connectivity index (χ1v) is 13.8. The second kappa shape index (κ2) is 8.74. The summed E-state index contributed by atoms with van der Waals surface area (Å²) in [5.74, 6) is 0.233. The maximum atomic E-state index is 13.4. The van der Waals surface area contributed by atoms with E-state index in [-0.39, 0.29) is 31.0 Å². The maximum absolute atomic E-state index is 13.4. The van der Waals surface area contributed by atoms with E-state index in [1.807, 2.05) is 75.4 Å². The monoisotopic (exact) mass is 515 g/mol. The van der Waals surface area contributed by atoms with Gasteiger partial charge in [0.25, 0.3) is 0 Å². The summed E-state index contributed by atoms with van der Waals surface area (Å²) in [6, 6.07) is 23.2. The molecule has 0 bridgehead atoms. The average molecular weight is 515 g/mol. The van der Waals surface area contributed by atoms with E-state index >= 15 is 0 Å². The van der Waals surface area contributed by atoms with Gasteiger partial charge in [-0.05, 0) is 0 Å². The molecule has 7 heteroatoms. The fourth-order valence-corrected chi connectivity index (χ4v) is 7.76. The van der Waals surface area contributed by atoms with Gasteiger partial charge in [-0.2, -0.15) is 0 Å². The molecule has 0 saturated carbocycles. The third-order valence-electron chi connectivity index (χ3n) is 4.98. The van der Waals surface area contributed by atoms with Crippen molar-refractivity contribution < 1.29 is 17.9 Å². The summed E-state index contributed by atoms with van der Waals surface area (Å²) in [5, 5.41) is 0.537. The predicted molar refractivity (Wildman–Crippen MR) is 126 cm³/mol. The zero-order chi connectivity index (χ0) is 22.9. The third kappa shape index (κ3) is 4.60. The molecule has 1 aliphatic rings. The fourth-order valence-electron chi connectivity index (χ4n) is 3.61. The summed E-state index contributed by atoms with van der Waals surface area (Å²) in [6.07, 6.45) is 0. The van der Waals surface area contributed by atoms with Crippen molar-refractivity contribution in [3.8, 4) is 5.75 Å². The Hall–Kier alpha value is -2.60. The van der Waals surface area contributed by atoms with Gasteiger partial charge in [-0.1, -0.05) is 0 Å². The number of benzene rings is 3. The Morgan fingerprint density at radius 3 is 2.16 bits per heavy atom. The molecule has 0 spiro atoms. The molecule has 1 heterocycles. The average Bonchev–Trinajstić information content (AvgIpc) is 2.96. The summed E-state index contributed by atoms with van der Waals surface area (Å²) in [6.45, 7) is 5.91. The number of rotatable bonds is 6. The quantitative estimate of drug-likeness (QED) is 0.463. The van der Waals surface area contributed by atoms with Crippen LogP contribution in [0, 0.1) is 0 Å². The third-order valence-corrected chi connectivity index (χ3v) is 9.11. The van der Waals surface area contributed by atoms with Crippen LogP contribution in [-0.4, -0.2) is 39.2 Å². The van der Waals surface area contributed by atoms with Gasteiger partial charge < -0.3 is 0 Å². The molecule has 0 aliphatic carbocycles. The van der Waals surface area contributed by atoms with Crippen LogP contribution < -0.4 is 9.20 Å². The van der Waals surface area contributed by atoms with Crippen molar-refractivity contribution in [3.63, 3.8) is 0 Å². The van der Waals surface area contributed by atoms with Crippen molar-refractivity contribution in [2.24, 2.45) is 0 Å². The van der Waals surface area contributed by atoms with Gasteiger partial charge in [0.2, 0.25) is 0 Å². The minimum atomic E-state index is -3.92. The van der Waals surface area contributed by atoms with Gasteiger partial charge in [-0.3, -0.25) is 0 Å². The molecule has 0 aromatic heterocycles. The van der Waals surface area contributed by atoms with Gasteiger partial charge in [-0.25, -0.2) is 0 Å². The molecular weight excluding hydrogens is 489 g/mol. The first-order chi connectivity index (χ1) is 15.2. The Bertz CT molecular complexity index is 1220. The molecule has 1 amide bonds. The van der Waals surface area contributed by atoms with E-state index in [9.17, 15) is 13.2 Å². The van der Waals surface area contributed by atoms with E-state index in [1.165, 1.54) is 6.07 Å². The SMILES string of the molecule is CC(C)(C)Oc1ccc(C(C[Se]c2ccccc2)N2C(=O)c3ccccc3S2(=O)=O)cc1. The van der Waals surface area contributed by atoms with Crippen molar-refractivity contribution >= 4 is 35.3 Å². The van der Waals surface area contributed by atoms with Crippen LogP contribution in [0.25, 0.3) is 0 Å². The molecule has 32 heavy (non-hydrogen) atoms. The van der Waals surface area contributed by atoms with E-state index in [0.29, 0.717) is 11.1 Å². The number of carbonyl (C=O) groups is 1. The van der Waals surface area contributed by atoms with Gasteiger partial charge >= 0.3 is 196 Å². The summed E-state index contributed by atoms with van der Waals surface area (Å²) >= 11 is -0.0168. The number of ether oxygens (including phenoxy) is 1. The van der Waals surface area contributed by atoms with Crippen LogP contribution in [0.1, 0.15) is 42.7 Å². The van der Waals surface area contributed by atoms with Crippen molar-refractivity contribution in [1.29, 1.82) is 0 Å². The number of hydrogen-bond acceptors (Lipinski definition) is 4. The van der Waals surface area contributed by atoms with E-state index in [2.05, 4.69) is 0 Å². The van der Waals surface area contributed by atoms with Crippen molar-refractivity contribution in [3.05, 3.63) is 90.0 Å². The molecule has 1 unspecified atom stereocenters. The Kier molecular flexibility index (Phi) is 6.17. The van der Waals surface area contributed by atoms with Crippen LogP contribution in [0.15, 0.2) is 83.8 Å². The van der Waals surface area contributed by atoms with Crippen LogP contribution in [-0.2, 0) is 10.0 Å². The minimum absolute atomic E-state index is 0.0168. The van der Waals surface area contributed by atoms with Crippen LogP contribution in [0.4, 0.5) is 0 Å². The predicted octanol–water partition coefficient (Wildman–Crippen LogP) is 4.20. The second-order valence-electron chi connectivity index (χ2n) is 8.53. The Balaban J connectivity index is 1.71. The Morgan fingerprint density at radius 1 is 0.906 bits per heavy atom. The van der Waals surface area contributed by atoms with Gasteiger partial charge in [-0.15, -0.1) is 0 Å². The fraction of sp³-hybridized carbons (Fsp3) is 0.240. The van der Waals surface area contributed by atoms with Crippen molar-refractivity contribution in [2.45, 2.75) is 42.6 Å². The molecule has 5 nitrogen and oxygen atoms in total. The molecule has 1 atom stereocenters. The van der Waals surface area contributed by atoms with E-state index in [4.69, 9.17) is 4.74 Å². The van der Waals surface area contributed by atoms with Gasteiger partial charge in [0.15, 0.2) is 0 Å². The van der Waals surface area contributed by atoms with Gasteiger partial charge in [0.05, 0.1) is 0 Å². The van der Waals surface area contributed by atoms with Gasteiger partial charge in [0, 0.05) is 0 Å². The molecule has 3 aromatic rings. The van der Waals surface area contributed by atoms with Crippen molar-refractivity contribution in [2.75, 3.05) is 0 Å². The standard InChI is InChI=1S/C25H25NO4SSe/c1-25(2,3)30-19-15-13-18(14-16-19)22(17-32-20-9-5-4-6-10-20)26-24(27)21-11-7-8-12-23(21)31(26,28)29/h4-16,22H,17H2,1-3H3. The zero-order valence-electron chi connectivity index (χ0n) is 18.2. The molecule has 166 valence electrons. The molecule has 0 radical (unpaired) electrons. The number of sulfonamides is 1. The molecular formula is C25H25NO4SSe. The van der Waals surface area contributed by atoms with Gasteiger partial charge in [0.1, 0.15) is 0 Å². The summed E-state index contributed by atoms with van der Waals surface area (Å²) in [7, 11) is -3.92. The second-order valence-corrected chi connectivity index (χ2v) is 12.6. The topological polar surface area (TPSA) is 63.7 Å². The number of amides is 1. The first-order valence-electron chi connectivity index (χ1n) is 10.3. The summed E-state index contributed by atoms with van der Waals surface area (Å²) in [4.78, 5) is 13.3. The zero-order valence-corrected chi connectivity index (χ0v) is 20.7. The summed E-state index contributed by atoms with van der Waals surface area (Å²) in [5.41, 5.74) is 0.666. The van der Waals surface area contributed by atoms with Crippen LogP contribution >= 0.6 is 0 Å². The first kappa shape index (κ1) is 22.6. The molecule has 4 rings (SSSR count). The van der Waals surface area contributed by atoms with Crippen LogP contribution in [0.2, 0.25) is 5.32 Å². The molecule has 0 fully saturated rings. The molecule has 0 N–H and O–H groups in total.